The Balaban J connectivity index is 1.86. The summed E-state index contributed by atoms with van der Waals surface area (Å²) in [5, 5.41) is 8.84. The third-order valence-electron chi connectivity index (χ3n) is 3.08. The van der Waals surface area contributed by atoms with Crippen LogP contribution in [0.15, 0.2) is 24.3 Å². The molecule has 0 bridgehead atoms. The van der Waals surface area contributed by atoms with Crippen molar-refractivity contribution in [3.63, 3.8) is 0 Å². The van der Waals surface area contributed by atoms with E-state index < -0.39 is 17.7 Å². The molecule has 1 atom stereocenters. The van der Waals surface area contributed by atoms with E-state index in [1.165, 1.54) is 23.1 Å². The van der Waals surface area contributed by atoms with E-state index >= 15 is 0 Å². The van der Waals surface area contributed by atoms with E-state index in [1.54, 1.807) is 6.07 Å². The Kier molecular flexibility index (Phi) is 3.99. The lowest BCUT2D eigenvalue weighted by Crippen LogP contribution is -2.33. The van der Waals surface area contributed by atoms with Gasteiger partial charge in [-0.1, -0.05) is 12.1 Å². The van der Waals surface area contributed by atoms with Crippen LogP contribution in [0.25, 0.3) is 0 Å². The van der Waals surface area contributed by atoms with Gasteiger partial charge in [-0.25, -0.2) is 4.39 Å². The van der Waals surface area contributed by atoms with E-state index in [0.29, 0.717) is 13.0 Å². The molecule has 19 heavy (non-hydrogen) atoms. The van der Waals surface area contributed by atoms with Crippen molar-refractivity contribution in [1.29, 1.82) is 0 Å². The topological polar surface area (TPSA) is 66.8 Å². The maximum atomic E-state index is 13.3. The number of hydrogen-bond donors (Lipinski definition) is 1. The predicted octanol–water partition coefficient (Wildman–Crippen LogP) is 1.14. The number of benzene rings is 1. The number of rotatable bonds is 4. The highest BCUT2D eigenvalue weighted by molar-refractivity contribution is 5.80. The number of nitrogens with zero attached hydrogens (tertiary/aromatic N) is 1. The van der Waals surface area contributed by atoms with Crippen LogP contribution in [-0.4, -0.2) is 41.6 Å². The quantitative estimate of drug-likeness (QED) is 0.888. The van der Waals surface area contributed by atoms with Gasteiger partial charge in [-0.05, 0) is 18.6 Å². The summed E-state index contributed by atoms with van der Waals surface area (Å²) in [6.45, 7) is 0.304. The molecule has 0 aliphatic carbocycles. The Labute approximate surface area is 109 Å². The molecule has 6 heteroatoms. The lowest BCUT2D eigenvalue weighted by Gasteiger charge is -2.16. The SMILES string of the molecule is O=C(O)C1CCN(C(=O)COc2ccccc2F)C1. The van der Waals surface area contributed by atoms with Crippen molar-refractivity contribution in [2.45, 2.75) is 6.42 Å². The summed E-state index contributed by atoms with van der Waals surface area (Å²) in [5.74, 6) is -2.25. The fourth-order valence-corrected chi connectivity index (χ4v) is 1.98. The molecule has 1 aromatic rings. The maximum Gasteiger partial charge on any atom is 0.308 e. The molecule has 1 saturated heterocycles. The second kappa shape index (κ2) is 5.69. The summed E-state index contributed by atoms with van der Waals surface area (Å²) in [7, 11) is 0. The fraction of sp³-hybridized carbons (Fsp3) is 0.385. The van der Waals surface area contributed by atoms with Crippen LogP contribution in [0.4, 0.5) is 4.39 Å². The van der Waals surface area contributed by atoms with Crippen molar-refractivity contribution in [1.82, 2.24) is 4.90 Å². The number of carbonyl (C=O) groups excluding carboxylic acids is 1. The zero-order valence-electron chi connectivity index (χ0n) is 10.2. The molecule has 1 aliphatic rings. The first-order valence-corrected chi connectivity index (χ1v) is 5.96. The molecule has 0 aromatic heterocycles. The van der Waals surface area contributed by atoms with Crippen LogP contribution in [0.3, 0.4) is 0 Å². The second-order valence-electron chi connectivity index (χ2n) is 4.38. The van der Waals surface area contributed by atoms with Crippen molar-refractivity contribution < 1.29 is 23.8 Å². The number of ether oxygens (including phenoxy) is 1. The summed E-state index contributed by atoms with van der Waals surface area (Å²) in [6, 6.07) is 5.82. The zero-order chi connectivity index (χ0) is 13.8. The Morgan fingerprint density at radius 1 is 1.42 bits per heavy atom. The minimum Gasteiger partial charge on any atom is -0.481 e. The van der Waals surface area contributed by atoms with Gasteiger partial charge in [0.05, 0.1) is 5.92 Å². The molecule has 1 aliphatic heterocycles. The number of aliphatic carboxylic acids is 1. The van der Waals surface area contributed by atoms with Gasteiger partial charge in [-0.2, -0.15) is 0 Å². The van der Waals surface area contributed by atoms with Gasteiger partial charge in [0.25, 0.3) is 5.91 Å². The van der Waals surface area contributed by atoms with E-state index in [-0.39, 0.29) is 24.8 Å². The Bertz CT molecular complexity index is 491. The standard InChI is InChI=1S/C13H14FNO4/c14-10-3-1-2-4-11(10)19-8-12(16)15-6-5-9(7-15)13(17)18/h1-4,9H,5-8H2,(H,17,18). The minimum atomic E-state index is -0.898. The average molecular weight is 267 g/mol. The first-order chi connectivity index (χ1) is 9.08. The van der Waals surface area contributed by atoms with Crippen molar-refractivity contribution in [3.05, 3.63) is 30.1 Å². The van der Waals surface area contributed by atoms with Crippen LogP contribution in [0.5, 0.6) is 5.75 Å². The van der Waals surface area contributed by atoms with Gasteiger partial charge < -0.3 is 14.7 Å². The number of halogens is 1. The maximum absolute atomic E-state index is 13.3. The first kappa shape index (κ1) is 13.3. The van der Waals surface area contributed by atoms with Crippen LogP contribution in [0, 0.1) is 11.7 Å². The van der Waals surface area contributed by atoms with Crippen molar-refractivity contribution in [2.24, 2.45) is 5.92 Å². The first-order valence-electron chi connectivity index (χ1n) is 5.96. The molecule has 1 unspecified atom stereocenters. The molecule has 0 saturated carbocycles. The largest absolute Gasteiger partial charge is 0.481 e. The number of amides is 1. The van der Waals surface area contributed by atoms with Crippen molar-refractivity contribution in [3.8, 4) is 5.75 Å². The summed E-state index contributed by atoms with van der Waals surface area (Å²) in [4.78, 5) is 24.0. The van der Waals surface area contributed by atoms with Crippen molar-refractivity contribution >= 4 is 11.9 Å². The van der Waals surface area contributed by atoms with E-state index in [0.717, 1.165) is 0 Å². The summed E-state index contributed by atoms with van der Waals surface area (Å²) >= 11 is 0. The molecule has 0 radical (unpaired) electrons. The number of para-hydroxylation sites is 1. The molecule has 5 nitrogen and oxygen atoms in total. The van der Waals surface area contributed by atoms with Crippen molar-refractivity contribution in [2.75, 3.05) is 19.7 Å². The monoisotopic (exact) mass is 267 g/mol. The van der Waals surface area contributed by atoms with Gasteiger partial charge >= 0.3 is 5.97 Å². The van der Waals surface area contributed by atoms with Crippen LogP contribution < -0.4 is 4.74 Å². The normalized spacial score (nSPS) is 18.4. The molecule has 1 heterocycles. The second-order valence-corrected chi connectivity index (χ2v) is 4.38. The van der Waals surface area contributed by atoms with Gasteiger partial charge in [-0.15, -0.1) is 0 Å². The summed E-state index contributed by atoms with van der Waals surface area (Å²) < 4.78 is 18.4. The van der Waals surface area contributed by atoms with Gasteiger partial charge in [0.1, 0.15) is 0 Å². The van der Waals surface area contributed by atoms with E-state index in [1.807, 2.05) is 0 Å². The number of carbonyl (C=O) groups is 2. The zero-order valence-corrected chi connectivity index (χ0v) is 10.2. The van der Waals surface area contributed by atoms with E-state index in [2.05, 4.69) is 0 Å². The Morgan fingerprint density at radius 2 is 2.16 bits per heavy atom. The fourth-order valence-electron chi connectivity index (χ4n) is 1.98. The molecular formula is C13H14FNO4. The van der Waals surface area contributed by atoms with Gasteiger partial charge in [0.15, 0.2) is 18.2 Å². The molecule has 2 rings (SSSR count). The Morgan fingerprint density at radius 3 is 2.79 bits per heavy atom. The summed E-state index contributed by atoms with van der Waals surface area (Å²) in [5.41, 5.74) is 0. The smallest absolute Gasteiger partial charge is 0.308 e. The highest BCUT2D eigenvalue weighted by Crippen LogP contribution is 2.18. The average Bonchev–Trinajstić information content (AvgIpc) is 2.87. The number of carboxylic acid groups (broad SMARTS) is 1. The third kappa shape index (κ3) is 3.21. The molecule has 1 amide bonds. The number of likely N-dealkylation sites (tertiary alicyclic amines) is 1. The Hall–Kier alpha value is -2.11. The predicted molar refractivity (Wildman–Crippen MR) is 64.2 cm³/mol. The number of hydrogen-bond acceptors (Lipinski definition) is 3. The highest BCUT2D eigenvalue weighted by atomic mass is 19.1. The molecule has 102 valence electrons. The molecular weight excluding hydrogens is 253 g/mol. The molecule has 1 fully saturated rings. The minimum absolute atomic E-state index is 0.0184. The van der Waals surface area contributed by atoms with Crippen LogP contribution in [0.1, 0.15) is 6.42 Å². The van der Waals surface area contributed by atoms with Crippen LogP contribution in [0.2, 0.25) is 0 Å². The number of carboxylic acids is 1. The molecule has 1 aromatic carbocycles. The van der Waals surface area contributed by atoms with E-state index in [9.17, 15) is 14.0 Å². The molecule has 0 spiro atoms. The lowest BCUT2D eigenvalue weighted by molar-refractivity contribution is -0.141. The van der Waals surface area contributed by atoms with Crippen LogP contribution >= 0.6 is 0 Å². The highest BCUT2D eigenvalue weighted by Gasteiger charge is 2.30. The van der Waals surface area contributed by atoms with Gasteiger partial charge in [0.2, 0.25) is 0 Å². The van der Waals surface area contributed by atoms with Gasteiger partial charge in [0, 0.05) is 13.1 Å². The van der Waals surface area contributed by atoms with E-state index in [4.69, 9.17) is 9.84 Å². The lowest BCUT2D eigenvalue weighted by atomic mass is 10.1. The third-order valence-corrected chi connectivity index (χ3v) is 3.08. The molecule has 1 N–H and O–H groups in total. The van der Waals surface area contributed by atoms with Gasteiger partial charge in [-0.3, -0.25) is 9.59 Å². The summed E-state index contributed by atoms with van der Waals surface area (Å²) in [6.07, 6.45) is 0.445. The van der Waals surface area contributed by atoms with Crippen LogP contribution in [-0.2, 0) is 9.59 Å².